The van der Waals surface area contributed by atoms with Crippen LogP contribution in [0.4, 0.5) is 0 Å². The quantitative estimate of drug-likeness (QED) is 0.487. The summed E-state index contributed by atoms with van der Waals surface area (Å²) in [6, 6.07) is 8.95. The van der Waals surface area contributed by atoms with E-state index in [1.807, 2.05) is 6.07 Å². The molecule has 0 aromatic heterocycles. The van der Waals surface area contributed by atoms with Crippen LogP contribution in [0.2, 0.25) is 0 Å². The minimum Gasteiger partial charge on any atom is -0.490 e. The number of benzene rings is 1. The standard InChI is InChI=1S/C14H14N2O2/c1-3-8-18-13-6-4-11(5-7-13)9-12(10-15)14(17)16-2/h3-7,9H,1,8H2,2H3,(H,16,17)/b12-9+. The lowest BCUT2D eigenvalue weighted by Crippen LogP contribution is -2.19. The molecule has 1 rings (SSSR count). The lowest BCUT2D eigenvalue weighted by Gasteiger charge is -2.03. The first-order valence-corrected chi connectivity index (χ1v) is 5.39. The van der Waals surface area contributed by atoms with Gasteiger partial charge in [-0.05, 0) is 23.8 Å². The molecule has 1 aromatic carbocycles. The minimum atomic E-state index is -0.399. The van der Waals surface area contributed by atoms with Crippen LogP contribution >= 0.6 is 0 Å². The molecule has 0 aliphatic heterocycles. The van der Waals surface area contributed by atoms with Crippen molar-refractivity contribution in [1.82, 2.24) is 5.32 Å². The Morgan fingerprint density at radius 2 is 2.17 bits per heavy atom. The van der Waals surface area contributed by atoms with E-state index < -0.39 is 5.91 Å². The zero-order chi connectivity index (χ0) is 13.4. The maximum absolute atomic E-state index is 11.3. The number of hydrogen-bond acceptors (Lipinski definition) is 3. The SMILES string of the molecule is C=CCOc1ccc(/C=C(\C#N)C(=O)NC)cc1. The Morgan fingerprint density at radius 3 is 2.67 bits per heavy atom. The molecule has 92 valence electrons. The molecule has 1 amide bonds. The summed E-state index contributed by atoms with van der Waals surface area (Å²) >= 11 is 0. The number of nitriles is 1. The largest absolute Gasteiger partial charge is 0.490 e. The van der Waals surface area contributed by atoms with Crippen molar-refractivity contribution in [2.45, 2.75) is 0 Å². The van der Waals surface area contributed by atoms with E-state index in [0.29, 0.717) is 12.4 Å². The molecule has 0 atom stereocenters. The smallest absolute Gasteiger partial charge is 0.261 e. The summed E-state index contributed by atoms with van der Waals surface area (Å²) < 4.78 is 5.33. The van der Waals surface area contributed by atoms with Crippen molar-refractivity contribution in [3.8, 4) is 11.8 Å². The third-order valence-electron chi connectivity index (χ3n) is 2.15. The van der Waals surface area contributed by atoms with Crippen molar-refractivity contribution in [1.29, 1.82) is 5.26 Å². The zero-order valence-electron chi connectivity index (χ0n) is 10.1. The second-order valence-corrected chi connectivity index (χ2v) is 3.42. The Hall–Kier alpha value is -2.54. The van der Waals surface area contributed by atoms with Crippen molar-refractivity contribution in [3.05, 3.63) is 48.1 Å². The molecule has 1 N–H and O–H groups in total. The van der Waals surface area contributed by atoms with Crippen LogP contribution in [0, 0.1) is 11.3 Å². The van der Waals surface area contributed by atoms with Gasteiger partial charge in [-0.25, -0.2) is 0 Å². The van der Waals surface area contributed by atoms with E-state index in [2.05, 4.69) is 11.9 Å². The van der Waals surface area contributed by atoms with Gasteiger partial charge in [-0.3, -0.25) is 4.79 Å². The number of ether oxygens (including phenoxy) is 1. The van der Waals surface area contributed by atoms with Crippen molar-refractivity contribution in [2.75, 3.05) is 13.7 Å². The zero-order valence-corrected chi connectivity index (χ0v) is 10.1. The molecule has 0 spiro atoms. The Kier molecular flexibility index (Phi) is 5.20. The van der Waals surface area contributed by atoms with Gasteiger partial charge in [0.15, 0.2) is 0 Å². The number of carbonyl (C=O) groups excluding carboxylic acids is 1. The van der Waals surface area contributed by atoms with Crippen LogP contribution in [0.5, 0.6) is 5.75 Å². The van der Waals surface area contributed by atoms with Crippen LogP contribution in [-0.4, -0.2) is 19.6 Å². The molecule has 0 saturated carbocycles. The molecule has 0 unspecified atom stereocenters. The summed E-state index contributed by atoms with van der Waals surface area (Å²) in [4.78, 5) is 11.3. The van der Waals surface area contributed by atoms with Gasteiger partial charge in [-0.15, -0.1) is 0 Å². The molecule has 0 aliphatic carbocycles. The molecule has 0 radical (unpaired) electrons. The second kappa shape index (κ2) is 6.92. The van der Waals surface area contributed by atoms with E-state index in [1.165, 1.54) is 13.1 Å². The highest BCUT2D eigenvalue weighted by molar-refractivity contribution is 6.01. The molecule has 0 heterocycles. The van der Waals surface area contributed by atoms with Crippen LogP contribution < -0.4 is 10.1 Å². The molecule has 0 bridgehead atoms. The first kappa shape index (κ1) is 13.5. The van der Waals surface area contributed by atoms with Gasteiger partial charge in [-0.2, -0.15) is 5.26 Å². The van der Waals surface area contributed by atoms with Gasteiger partial charge in [0.1, 0.15) is 24.0 Å². The van der Waals surface area contributed by atoms with Crippen LogP contribution in [0.1, 0.15) is 5.56 Å². The third kappa shape index (κ3) is 3.80. The molecule has 0 aliphatic rings. The topological polar surface area (TPSA) is 62.1 Å². The first-order valence-electron chi connectivity index (χ1n) is 5.39. The summed E-state index contributed by atoms with van der Waals surface area (Å²) in [5.41, 5.74) is 0.832. The van der Waals surface area contributed by atoms with Crippen LogP contribution in [0.15, 0.2) is 42.5 Å². The van der Waals surface area contributed by atoms with E-state index in [0.717, 1.165) is 5.56 Å². The summed E-state index contributed by atoms with van der Waals surface area (Å²) in [5, 5.41) is 11.3. The summed E-state index contributed by atoms with van der Waals surface area (Å²) in [5.74, 6) is 0.315. The molecular formula is C14H14N2O2. The fraction of sp³-hybridized carbons (Fsp3) is 0.143. The fourth-order valence-corrected chi connectivity index (χ4v) is 1.27. The van der Waals surface area contributed by atoms with Gasteiger partial charge in [0, 0.05) is 7.05 Å². The van der Waals surface area contributed by atoms with E-state index >= 15 is 0 Å². The minimum absolute atomic E-state index is 0.0669. The fourth-order valence-electron chi connectivity index (χ4n) is 1.27. The molecular weight excluding hydrogens is 228 g/mol. The molecule has 1 aromatic rings. The summed E-state index contributed by atoms with van der Waals surface area (Å²) in [7, 11) is 1.49. The Labute approximate surface area is 106 Å². The van der Waals surface area contributed by atoms with Gasteiger partial charge in [0.25, 0.3) is 5.91 Å². The molecule has 18 heavy (non-hydrogen) atoms. The lowest BCUT2D eigenvalue weighted by atomic mass is 10.1. The van der Waals surface area contributed by atoms with Gasteiger partial charge < -0.3 is 10.1 Å². The highest BCUT2D eigenvalue weighted by Gasteiger charge is 2.05. The molecule has 4 nitrogen and oxygen atoms in total. The Balaban J connectivity index is 2.85. The highest BCUT2D eigenvalue weighted by Crippen LogP contribution is 2.14. The van der Waals surface area contributed by atoms with Gasteiger partial charge in [0.05, 0.1) is 0 Å². The number of nitrogens with zero attached hydrogens (tertiary/aromatic N) is 1. The van der Waals surface area contributed by atoms with E-state index in [1.54, 1.807) is 30.3 Å². The summed E-state index contributed by atoms with van der Waals surface area (Å²) in [6.07, 6.45) is 3.18. The van der Waals surface area contributed by atoms with Gasteiger partial charge >= 0.3 is 0 Å². The van der Waals surface area contributed by atoms with E-state index in [4.69, 9.17) is 10.00 Å². The van der Waals surface area contributed by atoms with Crippen molar-refractivity contribution >= 4 is 12.0 Å². The molecule has 4 heteroatoms. The second-order valence-electron chi connectivity index (χ2n) is 3.42. The predicted molar refractivity (Wildman–Crippen MR) is 69.8 cm³/mol. The summed E-state index contributed by atoms with van der Waals surface area (Å²) in [6.45, 7) is 4.00. The average Bonchev–Trinajstić information content (AvgIpc) is 2.43. The van der Waals surface area contributed by atoms with Gasteiger partial charge in [0.2, 0.25) is 0 Å². The van der Waals surface area contributed by atoms with Crippen LogP contribution in [0.25, 0.3) is 6.08 Å². The van der Waals surface area contributed by atoms with Crippen molar-refractivity contribution in [3.63, 3.8) is 0 Å². The normalized spacial score (nSPS) is 10.3. The molecule has 0 saturated heterocycles. The number of likely N-dealkylation sites (N-methyl/N-ethyl adjacent to an activating group) is 1. The number of amides is 1. The number of hydrogen-bond donors (Lipinski definition) is 1. The van der Waals surface area contributed by atoms with Gasteiger partial charge in [-0.1, -0.05) is 24.8 Å². The Morgan fingerprint density at radius 1 is 1.50 bits per heavy atom. The maximum atomic E-state index is 11.3. The monoisotopic (exact) mass is 242 g/mol. The highest BCUT2D eigenvalue weighted by atomic mass is 16.5. The van der Waals surface area contributed by atoms with E-state index in [9.17, 15) is 4.79 Å². The van der Waals surface area contributed by atoms with Crippen LogP contribution in [-0.2, 0) is 4.79 Å². The van der Waals surface area contributed by atoms with Crippen LogP contribution in [0.3, 0.4) is 0 Å². The molecule has 0 fully saturated rings. The van der Waals surface area contributed by atoms with Crippen molar-refractivity contribution < 1.29 is 9.53 Å². The number of rotatable bonds is 5. The van der Waals surface area contributed by atoms with E-state index in [-0.39, 0.29) is 5.57 Å². The maximum Gasteiger partial charge on any atom is 0.261 e. The number of nitrogens with one attached hydrogen (secondary N) is 1. The average molecular weight is 242 g/mol. The predicted octanol–water partition coefficient (Wildman–Crippen LogP) is 1.90. The lowest BCUT2D eigenvalue weighted by molar-refractivity contribution is -0.116. The number of carbonyl (C=O) groups is 1. The Bertz CT molecular complexity index is 496. The third-order valence-corrected chi connectivity index (χ3v) is 2.15. The first-order chi connectivity index (χ1) is 8.71. The van der Waals surface area contributed by atoms with Crippen molar-refractivity contribution in [2.24, 2.45) is 0 Å².